The van der Waals surface area contributed by atoms with Gasteiger partial charge in [0.1, 0.15) is 5.15 Å². The van der Waals surface area contributed by atoms with Gasteiger partial charge in [-0.1, -0.05) is 43.0 Å². The molecule has 1 aliphatic rings. The fraction of sp³-hybridized carbons (Fsp3) is 0.571. The van der Waals surface area contributed by atoms with Crippen molar-refractivity contribution in [3.63, 3.8) is 0 Å². The fourth-order valence-corrected chi connectivity index (χ4v) is 2.80. The van der Waals surface area contributed by atoms with E-state index in [9.17, 15) is 4.79 Å². The minimum absolute atomic E-state index is 0.173. The van der Waals surface area contributed by atoms with Gasteiger partial charge in [-0.25, -0.2) is 4.98 Å². The van der Waals surface area contributed by atoms with Gasteiger partial charge in [-0.2, -0.15) is 0 Å². The molecule has 0 saturated heterocycles. The Morgan fingerprint density at radius 3 is 2.74 bits per heavy atom. The van der Waals surface area contributed by atoms with Crippen LogP contribution in [0.3, 0.4) is 0 Å². The molecule has 0 spiro atoms. The molecule has 2 rings (SSSR count). The Balaban J connectivity index is 1.89. The molecule has 0 bridgehead atoms. The van der Waals surface area contributed by atoms with Crippen LogP contribution in [0.2, 0.25) is 10.2 Å². The monoisotopic (exact) mass is 300 g/mol. The van der Waals surface area contributed by atoms with E-state index in [-0.39, 0.29) is 11.1 Å². The molecule has 3 nitrogen and oxygen atoms in total. The second-order valence-corrected chi connectivity index (χ2v) is 6.12. The predicted molar refractivity (Wildman–Crippen MR) is 77.7 cm³/mol. The number of hydrogen-bond acceptors (Lipinski definition) is 2. The molecule has 1 saturated carbocycles. The van der Waals surface area contributed by atoms with Crippen LogP contribution in [0.1, 0.15) is 43.0 Å². The molecule has 1 amide bonds. The quantitative estimate of drug-likeness (QED) is 0.859. The smallest absolute Gasteiger partial charge is 0.252 e. The number of aromatic nitrogens is 1. The van der Waals surface area contributed by atoms with Crippen molar-refractivity contribution < 1.29 is 4.79 Å². The molecule has 1 heterocycles. The maximum absolute atomic E-state index is 12.0. The molecule has 104 valence electrons. The van der Waals surface area contributed by atoms with E-state index in [0.29, 0.717) is 23.0 Å². The Labute approximate surface area is 123 Å². The lowest BCUT2D eigenvalue weighted by atomic mass is 9.83. The van der Waals surface area contributed by atoms with Crippen LogP contribution in [-0.2, 0) is 0 Å². The molecular weight excluding hydrogens is 283 g/mol. The Morgan fingerprint density at radius 1 is 1.37 bits per heavy atom. The summed E-state index contributed by atoms with van der Waals surface area (Å²) in [5.41, 5.74) is 0.394. The zero-order valence-electron chi connectivity index (χ0n) is 11.0. The maximum atomic E-state index is 12.0. The van der Waals surface area contributed by atoms with Crippen LogP contribution in [0.5, 0.6) is 0 Å². The summed E-state index contributed by atoms with van der Waals surface area (Å²) in [6, 6.07) is 1.50. The van der Waals surface area contributed by atoms with Crippen LogP contribution < -0.4 is 5.32 Å². The molecule has 0 atom stereocenters. The number of nitrogens with one attached hydrogen (secondary N) is 1. The van der Waals surface area contributed by atoms with Gasteiger partial charge in [0, 0.05) is 12.7 Å². The standard InChI is InChI=1S/C14H18Cl2N2O/c1-9-2-4-10(5-3-9)7-18-14(19)11-6-13(16)17-8-12(11)15/h6,8-10H,2-5,7H2,1H3,(H,18,19). The van der Waals surface area contributed by atoms with Crippen LogP contribution in [0, 0.1) is 11.8 Å². The van der Waals surface area contributed by atoms with Gasteiger partial charge >= 0.3 is 0 Å². The van der Waals surface area contributed by atoms with Crippen LogP contribution in [-0.4, -0.2) is 17.4 Å². The number of carbonyl (C=O) groups excluding carboxylic acids is 1. The number of rotatable bonds is 3. The number of nitrogens with zero attached hydrogens (tertiary/aromatic N) is 1. The van der Waals surface area contributed by atoms with Crippen molar-refractivity contribution in [2.45, 2.75) is 32.6 Å². The first kappa shape index (κ1) is 14.6. The molecule has 1 N–H and O–H groups in total. The van der Waals surface area contributed by atoms with Gasteiger partial charge in [0.25, 0.3) is 5.91 Å². The third kappa shape index (κ3) is 4.08. The minimum atomic E-state index is -0.173. The highest BCUT2D eigenvalue weighted by Crippen LogP contribution is 2.27. The second kappa shape index (κ2) is 6.58. The molecular formula is C14H18Cl2N2O. The zero-order valence-corrected chi connectivity index (χ0v) is 12.5. The van der Waals surface area contributed by atoms with Gasteiger partial charge in [-0.15, -0.1) is 0 Å². The number of amides is 1. The molecule has 19 heavy (non-hydrogen) atoms. The highest BCUT2D eigenvalue weighted by molar-refractivity contribution is 6.35. The molecule has 1 fully saturated rings. The summed E-state index contributed by atoms with van der Waals surface area (Å²) < 4.78 is 0. The van der Waals surface area contributed by atoms with Crippen molar-refractivity contribution in [2.75, 3.05) is 6.54 Å². The fourth-order valence-electron chi connectivity index (χ4n) is 2.45. The van der Waals surface area contributed by atoms with E-state index < -0.39 is 0 Å². The van der Waals surface area contributed by atoms with Gasteiger partial charge in [-0.3, -0.25) is 4.79 Å². The van der Waals surface area contributed by atoms with E-state index in [2.05, 4.69) is 17.2 Å². The van der Waals surface area contributed by atoms with Crippen LogP contribution in [0.25, 0.3) is 0 Å². The SMILES string of the molecule is CC1CCC(CNC(=O)c2cc(Cl)ncc2Cl)CC1. The first-order chi connectivity index (χ1) is 9.06. The summed E-state index contributed by atoms with van der Waals surface area (Å²) in [7, 11) is 0. The Bertz CT molecular complexity index is 457. The average molecular weight is 301 g/mol. The minimum Gasteiger partial charge on any atom is -0.352 e. The normalized spacial score (nSPS) is 23.1. The van der Waals surface area contributed by atoms with Crippen molar-refractivity contribution in [1.29, 1.82) is 0 Å². The van der Waals surface area contributed by atoms with Gasteiger partial charge in [0.2, 0.25) is 0 Å². The molecule has 0 radical (unpaired) electrons. The molecule has 0 aromatic carbocycles. The van der Waals surface area contributed by atoms with Gasteiger partial charge in [0.15, 0.2) is 0 Å². The topological polar surface area (TPSA) is 42.0 Å². The van der Waals surface area contributed by atoms with E-state index in [4.69, 9.17) is 23.2 Å². The van der Waals surface area contributed by atoms with Gasteiger partial charge in [0.05, 0.1) is 10.6 Å². The molecule has 1 aromatic heterocycles. The van der Waals surface area contributed by atoms with Crippen LogP contribution in [0.15, 0.2) is 12.3 Å². The lowest BCUT2D eigenvalue weighted by molar-refractivity contribution is 0.0942. The van der Waals surface area contributed by atoms with E-state index in [1.54, 1.807) is 0 Å². The lowest BCUT2D eigenvalue weighted by Crippen LogP contribution is -2.31. The number of hydrogen-bond donors (Lipinski definition) is 1. The summed E-state index contributed by atoms with van der Waals surface area (Å²) in [5.74, 6) is 1.23. The third-order valence-electron chi connectivity index (χ3n) is 3.75. The summed E-state index contributed by atoms with van der Waals surface area (Å²) >= 11 is 11.7. The van der Waals surface area contributed by atoms with Crippen molar-refractivity contribution >= 4 is 29.1 Å². The lowest BCUT2D eigenvalue weighted by Gasteiger charge is -2.26. The summed E-state index contributed by atoms with van der Waals surface area (Å²) in [6.45, 7) is 3.00. The van der Waals surface area contributed by atoms with Crippen molar-refractivity contribution in [3.05, 3.63) is 28.0 Å². The van der Waals surface area contributed by atoms with E-state index >= 15 is 0 Å². The number of carbonyl (C=O) groups is 1. The average Bonchev–Trinajstić information content (AvgIpc) is 2.40. The van der Waals surface area contributed by atoms with E-state index in [1.165, 1.54) is 37.9 Å². The van der Waals surface area contributed by atoms with E-state index in [1.807, 2.05) is 0 Å². The molecule has 1 aliphatic carbocycles. The summed E-state index contributed by atoms with van der Waals surface area (Å²) in [6.07, 6.45) is 6.28. The van der Waals surface area contributed by atoms with Gasteiger partial charge < -0.3 is 5.32 Å². The number of pyridine rings is 1. The highest BCUT2D eigenvalue weighted by Gasteiger charge is 2.19. The first-order valence-corrected chi connectivity index (χ1v) is 7.41. The first-order valence-electron chi connectivity index (χ1n) is 6.65. The van der Waals surface area contributed by atoms with Crippen LogP contribution in [0.4, 0.5) is 0 Å². The molecule has 5 heteroatoms. The van der Waals surface area contributed by atoms with Gasteiger partial charge in [-0.05, 0) is 30.7 Å². The maximum Gasteiger partial charge on any atom is 0.252 e. The molecule has 0 aliphatic heterocycles. The highest BCUT2D eigenvalue weighted by atomic mass is 35.5. The Kier molecular flexibility index (Phi) is 5.06. The Hall–Kier alpha value is -0.800. The molecule has 0 unspecified atom stereocenters. The second-order valence-electron chi connectivity index (χ2n) is 5.32. The van der Waals surface area contributed by atoms with Crippen molar-refractivity contribution in [2.24, 2.45) is 11.8 Å². The van der Waals surface area contributed by atoms with Crippen molar-refractivity contribution in [1.82, 2.24) is 10.3 Å². The number of halogens is 2. The summed E-state index contributed by atoms with van der Waals surface area (Å²) in [4.78, 5) is 15.9. The molecule has 1 aromatic rings. The largest absolute Gasteiger partial charge is 0.352 e. The van der Waals surface area contributed by atoms with Crippen molar-refractivity contribution in [3.8, 4) is 0 Å². The zero-order chi connectivity index (χ0) is 13.8. The predicted octanol–water partition coefficient (Wildman–Crippen LogP) is 3.94. The van der Waals surface area contributed by atoms with E-state index in [0.717, 1.165) is 5.92 Å². The third-order valence-corrected chi connectivity index (χ3v) is 4.26. The Morgan fingerprint density at radius 2 is 2.05 bits per heavy atom. The summed E-state index contributed by atoms with van der Waals surface area (Å²) in [5, 5.41) is 3.55. The van der Waals surface area contributed by atoms with Crippen LogP contribution >= 0.6 is 23.2 Å².